The quantitative estimate of drug-likeness (QED) is 0.892. The summed E-state index contributed by atoms with van der Waals surface area (Å²) in [5, 5.41) is 7.86. The first kappa shape index (κ1) is 11.5. The van der Waals surface area contributed by atoms with E-state index in [0.717, 1.165) is 12.5 Å². The van der Waals surface area contributed by atoms with Crippen LogP contribution in [-0.2, 0) is 6.54 Å². The van der Waals surface area contributed by atoms with Crippen LogP contribution in [0.1, 0.15) is 35.6 Å². The predicted molar refractivity (Wildman–Crippen MR) is 73.0 cm³/mol. The van der Waals surface area contributed by atoms with Crippen molar-refractivity contribution in [3.63, 3.8) is 0 Å². The largest absolute Gasteiger partial charge is 0.316 e. The van der Waals surface area contributed by atoms with Crippen molar-refractivity contribution in [2.45, 2.75) is 32.2 Å². The summed E-state index contributed by atoms with van der Waals surface area (Å²) in [7, 11) is 1.97. The Labute approximate surface area is 108 Å². The maximum atomic E-state index is 4.68. The Morgan fingerprint density at radius 3 is 2.83 bits per heavy atom. The Hall–Kier alpha value is -1.61. The van der Waals surface area contributed by atoms with Crippen LogP contribution in [0.5, 0.6) is 0 Å². The molecule has 0 saturated heterocycles. The lowest BCUT2D eigenvalue weighted by atomic mass is 10.1. The molecule has 1 saturated carbocycles. The fraction of sp³-hybridized carbons (Fsp3) is 0.400. The Morgan fingerprint density at radius 2 is 2.17 bits per heavy atom. The molecule has 18 heavy (non-hydrogen) atoms. The molecule has 1 heterocycles. The normalized spacial score (nSPS) is 15.0. The number of nitrogens with one attached hydrogen (secondary N) is 1. The predicted octanol–water partition coefficient (Wildman–Crippen LogP) is 2.78. The standard InChI is InChI=1S/C15H19N3/c1-11-9-12(10-16-2)3-6-15(11)18-8-7-14(17-18)13-4-5-13/h3,6-9,13,16H,4-5,10H2,1-2H3. The van der Waals surface area contributed by atoms with Gasteiger partial charge in [-0.1, -0.05) is 12.1 Å². The van der Waals surface area contributed by atoms with Crippen LogP contribution >= 0.6 is 0 Å². The van der Waals surface area contributed by atoms with Crippen molar-refractivity contribution in [3.8, 4) is 5.69 Å². The van der Waals surface area contributed by atoms with Gasteiger partial charge in [0.2, 0.25) is 0 Å². The van der Waals surface area contributed by atoms with Gasteiger partial charge in [-0.2, -0.15) is 5.10 Å². The van der Waals surface area contributed by atoms with Crippen LogP contribution in [0.25, 0.3) is 5.69 Å². The zero-order chi connectivity index (χ0) is 12.5. The first-order valence-electron chi connectivity index (χ1n) is 6.58. The average molecular weight is 241 g/mol. The van der Waals surface area contributed by atoms with Crippen molar-refractivity contribution in [1.82, 2.24) is 15.1 Å². The number of nitrogens with zero attached hydrogens (tertiary/aromatic N) is 2. The van der Waals surface area contributed by atoms with Crippen LogP contribution in [0.3, 0.4) is 0 Å². The van der Waals surface area contributed by atoms with Crippen molar-refractivity contribution >= 4 is 0 Å². The van der Waals surface area contributed by atoms with Gasteiger partial charge in [0.1, 0.15) is 0 Å². The van der Waals surface area contributed by atoms with Gasteiger partial charge in [-0.25, -0.2) is 4.68 Å². The number of hydrogen-bond acceptors (Lipinski definition) is 2. The van der Waals surface area contributed by atoms with Crippen LogP contribution in [0.4, 0.5) is 0 Å². The number of hydrogen-bond donors (Lipinski definition) is 1. The number of aryl methyl sites for hydroxylation is 1. The van der Waals surface area contributed by atoms with Gasteiger partial charge in [0.25, 0.3) is 0 Å². The van der Waals surface area contributed by atoms with E-state index in [2.05, 4.69) is 47.8 Å². The average Bonchev–Trinajstić information content (AvgIpc) is 3.09. The molecule has 0 bridgehead atoms. The molecular weight excluding hydrogens is 222 g/mol. The van der Waals surface area contributed by atoms with Crippen LogP contribution in [-0.4, -0.2) is 16.8 Å². The molecule has 0 aliphatic heterocycles. The van der Waals surface area contributed by atoms with Gasteiger partial charge in [0, 0.05) is 18.7 Å². The third-order valence-corrected chi connectivity index (χ3v) is 3.49. The van der Waals surface area contributed by atoms with Gasteiger partial charge in [-0.3, -0.25) is 0 Å². The highest BCUT2D eigenvalue weighted by Gasteiger charge is 2.25. The Balaban J connectivity index is 1.90. The second-order valence-electron chi connectivity index (χ2n) is 5.11. The monoisotopic (exact) mass is 241 g/mol. The highest BCUT2D eigenvalue weighted by Crippen LogP contribution is 2.39. The summed E-state index contributed by atoms with van der Waals surface area (Å²) in [5.74, 6) is 0.718. The smallest absolute Gasteiger partial charge is 0.0675 e. The molecule has 0 amide bonds. The summed E-state index contributed by atoms with van der Waals surface area (Å²) in [4.78, 5) is 0. The van der Waals surface area contributed by atoms with Crippen LogP contribution in [0.15, 0.2) is 30.5 Å². The summed E-state index contributed by atoms with van der Waals surface area (Å²) in [6.07, 6.45) is 4.68. The summed E-state index contributed by atoms with van der Waals surface area (Å²) in [6.45, 7) is 3.06. The van der Waals surface area contributed by atoms with E-state index in [4.69, 9.17) is 0 Å². The van der Waals surface area contributed by atoms with Gasteiger partial charge in [0.15, 0.2) is 0 Å². The molecule has 1 fully saturated rings. The van der Waals surface area contributed by atoms with E-state index in [-0.39, 0.29) is 0 Å². The number of benzene rings is 1. The zero-order valence-electron chi connectivity index (χ0n) is 11.0. The fourth-order valence-corrected chi connectivity index (χ4v) is 2.36. The highest BCUT2D eigenvalue weighted by molar-refractivity contribution is 5.42. The highest BCUT2D eigenvalue weighted by atomic mass is 15.3. The fourth-order valence-electron chi connectivity index (χ4n) is 2.36. The van der Waals surface area contributed by atoms with Crippen molar-refractivity contribution in [1.29, 1.82) is 0 Å². The summed E-state index contributed by atoms with van der Waals surface area (Å²) < 4.78 is 2.01. The minimum Gasteiger partial charge on any atom is -0.316 e. The first-order chi connectivity index (χ1) is 8.78. The SMILES string of the molecule is CNCc1ccc(-n2ccc(C3CC3)n2)c(C)c1. The van der Waals surface area contributed by atoms with Crippen molar-refractivity contribution < 1.29 is 0 Å². The zero-order valence-corrected chi connectivity index (χ0v) is 11.0. The van der Waals surface area contributed by atoms with Crippen molar-refractivity contribution in [2.24, 2.45) is 0 Å². The van der Waals surface area contributed by atoms with E-state index in [1.165, 1.54) is 35.3 Å². The molecule has 94 valence electrons. The van der Waals surface area contributed by atoms with E-state index < -0.39 is 0 Å². The molecule has 1 N–H and O–H groups in total. The molecule has 0 spiro atoms. The van der Waals surface area contributed by atoms with E-state index in [1.807, 2.05) is 11.7 Å². The molecule has 1 aromatic carbocycles. The Kier molecular flexibility index (Phi) is 2.92. The molecule has 0 radical (unpaired) electrons. The molecule has 2 aromatic rings. The van der Waals surface area contributed by atoms with E-state index in [1.54, 1.807) is 0 Å². The lowest BCUT2D eigenvalue weighted by Crippen LogP contribution is -2.06. The van der Waals surface area contributed by atoms with Crippen LogP contribution < -0.4 is 5.32 Å². The van der Waals surface area contributed by atoms with Gasteiger partial charge >= 0.3 is 0 Å². The van der Waals surface area contributed by atoms with Gasteiger partial charge in [0.05, 0.1) is 11.4 Å². The second kappa shape index (κ2) is 4.58. The van der Waals surface area contributed by atoms with Crippen molar-refractivity contribution in [3.05, 3.63) is 47.3 Å². The molecule has 3 heteroatoms. The lowest BCUT2D eigenvalue weighted by Gasteiger charge is -2.08. The number of aromatic nitrogens is 2. The van der Waals surface area contributed by atoms with Crippen LogP contribution in [0.2, 0.25) is 0 Å². The Morgan fingerprint density at radius 1 is 1.33 bits per heavy atom. The third-order valence-electron chi connectivity index (χ3n) is 3.49. The van der Waals surface area contributed by atoms with Crippen molar-refractivity contribution in [2.75, 3.05) is 7.05 Å². The molecule has 0 atom stereocenters. The topological polar surface area (TPSA) is 29.9 Å². The van der Waals surface area contributed by atoms with Gasteiger partial charge < -0.3 is 5.32 Å². The van der Waals surface area contributed by atoms with Crippen LogP contribution in [0, 0.1) is 6.92 Å². The number of rotatable bonds is 4. The third kappa shape index (κ3) is 2.18. The molecule has 1 aliphatic carbocycles. The Bertz CT molecular complexity index is 553. The van der Waals surface area contributed by atoms with Gasteiger partial charge in [-0.05, 0) is 50.1 Å². The molecule has 1 aliphatic rings. The maximum absolute atomic E-state index is 4.68. The lowest BCUT2D eigenvalue weighted by molar-refractivity contribution is 0.808. The molecule has 3 rings (SSSR count). The molecule has 3 nitrogen and oxygen atoms in total. The maximum Gasteiger partial charge on any atom is 0.0675 e. The summed E-state index contributed by atoms with van der Waals surface area (Å²) in [6, 6.07) is 8.70. The molecule has 0 unspecified atom stereocenters. The second-order valence-corrected chi connectivity index (χ2v) is 5.11. The summed E-state index contributed by atoms with van der Waals surface area (Å²) >= 11 is 0. The van der Waals surface area contributed by atoms with E-state index in [9.17, 15) is 0 Å². The summed E-state index contributed by atoms with van der Waals surface area (Å²) in [5.41, 5.74) is 5.01. The van der Waals surface area contributed by atoms with E-state index >= 15 is 0 Å². The minimum absolute atomic E-state index is 0.718. The van der Waals surface area contributed by atoms with E-state index in [0.29, 0.717) is 0 Å². The van der Waals surface area contributed by atoms with Gasteiger partial charge in [-0.15, -0.1) is 0 Å². The molecular formula is C15H19N3. The first-order valence-corrected chi connectivity index (χ1v) is 6.58. The minimum atomic E-state index is 0.718. The molecule has 1 aromatic heterocycles.